The van der Waals surface area contributed by atoms with E-state index in [1.807, 2.05) is 0 Å². The van der Waals surface area contributed by atoms with E-state index in [2.05, 4.69) is 10.1 Å². The molecule has 0 aromatic carbocycles. The number of nitrogens with two attached hydrogens (primary N) is 1. The lowest BCUT2D eigenvalue weighted by atomic mass is 10.4. The second-order valence-electron chi connectivity index (χ2n) is 2.12. The SMILES string of the molecule is Br.Nc1nc(-c2cc(O)no2)cs1. The Morgan fingerprint density at radius 1 is 1.54 bits per heavy atom. The van der Waals surface area contributed by atoms with Crippen molar-refractivity contribution < 1.29 is 9.63 Å². The van der Waals surface area contributed by atoms with Gasteiger partial charge in [0.2, 0.25) is 0 Å². The molecule has 2 rings (SSSR count). The Morgan fingerprint density at radius 2 is 2.31 bits per heavy atom. The highest BCUT2D eigenvalue weighted by atomic mass is 79.9. The predicted molar refractivity (Wildman–Crippen MR) is 54.0 cm³/mol. The first-order valence-electron chi connectivity index (χ1n) is 3.13. The fourth-order valence-corrected chi connectivity index (χ4v) is 1.34. The normalized spacial score (nSPS) is 9.54. The summed E-state index contributed by atoms with van der Waals surface area (Å²) >= 11 is 1.31. The Morgan fingerprint density at radius 3 is 2.77 bits per heavy atom. The summed E-state index contributed by atoms with van der Waals surface area (Å²) in [5.74, 6) is 0.261. The van der Waals surface area contributed by atoms with Crippen molar-refractivity contribution in [2.24, 2.45) is 0 Å². The van der Waals surface area contributed by atoms with Gasteiger partial charge in [-0.3, -0.25) is 0 Å². The van der Waals surface area contributed by atoms with E-state index in [1.54, 1.807) is 5.38 Å². The Kier molecular flexibility index (Phi) is 2.89. The molecule has 5 nitrogen and oxygen atoms in total. The highest BCUT2D eigenvalue weighted by molar-refractivity contribution is 8.93. The van der Waals surface area contributed by atoms with Crippen LogP contribution < -0.4 is 5.73 Å². The molecule has 0 saturated carbocycles. The zero-order valence-electron chi connectivity index (χ0n) is 6.30. The first-order chi connectivity index (χ1) is 5.75. The van der Waals surface area contributed by atoms with Crippen molar-refractivity contribution in [3.63, 3.8) is 0 Å². The molecule has 7 heteroatoms. The van der Waals surface area contributed by atoms with Crippen molar-refractivity contribution in [2.75, 3.05) is 5.73 Å². The Balaban J connectivity index is 0.000000845. The molecule has 13 heavy (non-hydrogen) atoms. The lowest BCUT2D eigenvalue weighted by Crippen LogP contribution is -1.81. The molecule has 0 amide bonds. The molecule has 0 aliphatic heterocycles. The summed E-state index contributed by atoms with van der Waals surface area (Å²) in [5.41, 5.74) is 5.99. The summed E-state index contributed by atoms with van der Waals surface area (Å²) in [6, 6.07) is 1.38. The van der Waals surface area contributed by atoms with Crippen LogP contribution in [0, 0.1) is 0 Å². The standard InChI is InChI=1S/C6H5N3O2S.BrH/c7-6-8-3(2-12-6)4-1-5(10)9-11-4;/h1-2H,(H2,7,8)(H,9,10);1H. The summed E-state index contributed by atoms with van der Waals surface area (Å²) in [5, 5.41) is 14.4. The van der Waals surface area contributed by atoms with E-state index in [0.29, 0.717) is 16.6 Å². The van der Waals surface area contributed by atoms with Gasteiger partial charge in [0.15, 0.2) is 10.9 Å². The molecular weight excluding hydrogens is 258 g/mol. The average Bonchev–Trinajstić information content (AvgIpc) is 2.58. The van der Waals surface area contributed by atoms with Crippen molar-refractivity contribution >= 4 is 33.4 Å². The lowest BCUT2D eigenvalue weighted by molar-refractivity contribution is 0.365. The summed E-state index contributed by atoms with van der Waals surface area (Å²) in [7, 11) is 0. The molecule has 0 unspecified atom stereocenters. The third kappa shape index (κ3) is 1.99. The van der Waals surface area contributed by atoms with E-state index in [9.17, 15) is 0 Å². The summed E-state index contributed by atoms with van der Waals surface area (Å²) < 4.78 is 4.75. The van der Waals surface area contributed by atoms with Gasteiger partial charge in [0.25, 0.3) is 5.88 Å². The van der Waals surface area contributed by atoms with Gasteiger partial charge in [0.05, 0.1) is 6.07 Å². The van der Waals surface area contributed by atoms with Crippen molar-refractivity contribution in [3.8, 4) is 17.3 Å². The molecule has 2 heterocycles. The van der Waals surface area contributed by atoms with Crippen LogP contribution in [-0.4, -0.2) is 15.2 Å². The van der Waals surface area contributed by atoms with E-state index < -0.39 is 0 Å². The van der Waals surface area contributed by atoms with Crippen LogP contribution in [0.4, 0.5) is 5.13 Å². The van der Waals surface area contributed by atoms with Crippen LogP contribution in [0.15, 0.2) is 16.0 Å². The van der Waals surface area contributed by atoms with Crippen molar-refractivity contribution in [1.82, 2.24) is 10.1 Å². The van der Waals surface area contributed by atoms with Crippen molar-refractivity contribution in [2.45, 2.75) is 0 Å². The fraction of sp³-hybridized carbons (Fsp3) is 0. The maximum Gasteiger partial charge on any atom is 0.252 e. The van der Waals surface area contributed by atoms with Crippen molar-refractivity contribution in [3.05, 3.63) is 11.4 Å². The molecule has 0 radical (unpaired) electrons. The van der Waals surface area contributed by atoms with Gasteiger partial charge < -0.3 is 15.4 Å². The molecule has 3 N–H and O–H groups in total. The van der Waals surface area contributed by atoms with Crippen LogP contribution >= 0.6 is 28.3 Å². The minimum atomic E-state index is -0.156. The molecule has 2 aromatic rings. The number of anilines is 1. The van der Waals surface area contributed by atoms with Gasteiger partial charge >= 0.3 is 0 Å². The maximum absolute atomic E-state index is 8.86. The second kappa shape index (κ2) is 3.75. The fourth-order valence-electron chi connectivity index (χ4n) is 0.787. The first-order valence-corrected chi connectivity index (χ1v) is 4.01. The average molecular weight is 264 g/mol. The van der Waals surface area contributed by atoms with Gasteiger partial charge in [-0.2, -0.15) is 0 Å². The van der Waals surface area contributed by atoms with Gasteiger partial charge in [-0.05, 0) is 5.16 Å². The minimum Gasteiger partial charge on any atom is -0.491 e. The zero-order chi connectivity index (χ0) is 8.55. The molecule has 70 valence electrons. The topological polar surface area (TPSA) is 85.2 Å². The van der Waals surface area contributed by atoms with Gasteiger partial charge in [-0.25, -0.2) is 4.98 Å². The third-order valence-electron chi connectivity index (χ3n) is 1.27. The highest BCUT2D eigenvalue weighted by Gasteiger charge is 2.08. The number of hydrogen-bond donors (Lipinski definition) is 2. The Labute approximate surface area is 88.0 Å². The first kappa shape index (κ1) is 10.0. The monoisotopic (exact) mass is 263 g/mol. The van der Waals surface area contributed by atoms with Gasteiger partial charge in [-0.1, -0.05) is 0 Å². The summed E-state index contributed by atoms with van der Waals surface area (Å²) in [6.07, 6.45) is 0. The van der Waals surface area contributed by atoms with Gasteiger partial charge in [-0.15, -0.1) is 28.3 Å². The largest absolute Gasteiger partial charge is 0.491 e. The molecule has 0 aliphatic rings. The number of nitrogens with zero attached hydrogens (tertiary/aromatic N) is 2. The number of halogens is 1. The Hall–Kier alpha value is -1.08. The van der Waals surface area contributed by atoms with E-state index in [4.69, 9.17) is 15.4 Å². The second-order valence-corrected chi connectivity index (χ2v) is 3.01. The number of aromatic hydroxyl groups is 1. The van der Waals surface area contributed by atoms with Crippen LogP contribution in [0.3, 0.4) is 0 Å². The number of aromatic nitrogens is 2. The van der Waals surface area contributed by atoms with E-state index in [1.165, 1.54) is 17.4 Å². The number of hydrogen-bond acceptors (Lipinski definition) is 6. The quantitative estimate of drug-likeness (QED) is 0.818. The maximum atomic E-state index is 8.86. The molecule has 0 spiro atoms. The van der Waals surface area contributed by atoms with Crippen LogP contribution in [0.2, 0.25) is 0 Å². The van der Waals surface area contributed by atoms with Crippen LogP contribution in [0.1, 0.15) is 0 Å². The minimum absolute atomic E-state index is 0. The predicted octanol–water partition coefficient (Wildman–Crippen LogP) is 1.66. The number of thiazole rings is 1. The molecule has 0 saturated heterocycles. The number of rotatable bonds is 1. The molecule has 2 aromatic heterocycles. The molecular formula is C6H6BrN3O2S. The molecule has 0 bridgehead atoms. The Bertz CT molecular complexity index is 362. The molecule has 0 atom stereocenters. The lowest BCUT2D eigenvalue weighted by Gasteiger charge is -1.82. The van der Waals surface area contributed by atoms with E-state index in [0.717, 1.165) is 0 Å². The molecule has 0 aliphatic carbocycles. The summed E-state index contributed by atoms with van der Waals surface area (Å²) in [6.45, 7) is 0. The highest BCUT2D eigenvalue weighted by Crippen LogP contribution is 2.25. The van der Waals surface area contributed by atoms with Gasteiger partial charge in [0.1, 0.15) is 5.69 Å². The van der Waals surface area contributed by atoms with Gasteiger partial charge in [0, 0.05) is 5.38 Å². The van der Waals surface area contributed by atoms with Crippen molar-refractivity contribution in [1.29, 1.82) is 0 Å². The van der Waals surface area contributed by atoms with Crippen LogP contribution in [-0.2, 0) is 0 Å². The van der Waals surface area contributed by atoms with Crippen LogP contribution in [0.5, 0.6) is 5.88 Å². The van der Waals surface area contributed by atoms with E-state index in [-0.39, 0.29) is 22.9 Å². The van der Waals surface area contributed by atoms with E-state index >= 15 is 0 Å². The summed E-state index contributed by atoms with van der Waals surface area (Å²) in [4.78, 5) is 3.95. The van der Waals surface area contributed by atoms with Crippen LogP contribution in [0.25, 0.3) is 11.5 Å². The third-order valence-corrected chi connectivity index (χ3v) is 1.95. The number of nitrogen functional groups attached to an aromatic ring is 1. The zero-order valence-corrected chi connectivity index (χ0v) is 8.83. The smallest absolute Gasteiger partial charge is 0.252 e. The molecule has 0 fully saturated rings.